The van der Waals surface area contributed by atoms with Gasteiger partial charge in [-0.15, -0.1) is 0 Å². The van der Waals surface area contributed by atoms with E-state index >= 15 is 0 Å². The summed E-state index contributed by atoms with van der Waals surface area (Å²) in [4.78, 5) is 14.2. The SMILES string of the molecule is NC(=O)c1ccc(Br)cn1. The summed E-state index contributed by atoms with van der Waals surface area (Å²) in [6.45, 7) is 0. The fourth-order valence-electron chi connectivity index (χ4n) is 0.522. The van der Waals surface area contributed by atoms with Crippen LogP contribution in [0, 0.1) is 0 Å². The molecule has 0 aliphatic carbocycles. The lowest BCUT2D eigenvalue weighted by Gasteiger charge is -1.91. The molecule has 0 spiro atoms. The van der Waals surface area contributed by atoms with Gasteiger partial charge in [0, 0.05) is 10.7 Å². The molecule has 0 saturated heterocycles. The molecule has 0 aliphatic heterocycles. The van der Waals surface area contributed by atoms with Gasteiger partial charge in [-0.2, -0.15) is 0 Å². The molecular weight excluding hydrogens is 196 g/mol. The lowest BCUT2D eigenvalue weighted by atomic mass is 10.3. The van der Waals surface area contributed by atoms with E-state index in [2.05, 4.69) is 20.9 Å². The van der Waals surface area contributed by atoms with Gasteiger partial charge in [0.25, 0.3) is 5.91 Å². The molecule has 0 unspecified atom stereocenters. The van der Waals surface area contributed by atoms with E-state index in [0.29, 0.717) is 0 Å². The summed E-state index contributed by atoms with van der Waals surface area (Å²) in [6.07, 6.45) is 1.53. The molecule has 3 nitrogen and oxygen atoms in total. The van der Waals surface area contributed by atoms with E-state index in [0.717, 1.165) is 4.47 Å². The summed E-state index contributed by atoms with van der Waals surface area (Å²) in [5.74, 6) is -0.507. The summed E-state index contributed by atoms with van der Waals surface area (Å²) in [5.41, 5.74) is 5.23. The van der Waals surface area contributed by atoms with Gasteiger partial charge in [0.1, 0.15) is 5.69 Å². The van der Waals surface area contributed by atoms with Gasteiger partial charge in [-0.05, 0) is 28.1 Å². The van der Waals surface area contributed by atoms with Crippen LogP contribution in [0.15, 0.2) is 22.8 Å². The Morgan fingerprint density at radius 2 is 2.30 bits per heavy atom. The van der Waals surface area contributed by atoms with Crippen LogP contribution < -0.4 is 5.73 Å². The highest BCUT2D eigenvalue weighted by molar-refractivity contribution is 9.10. The number of nitrogens with zero attached hydrogens (tertiary/aromatic N) is 1. The molecule has 0 aromatic carbocycles. The Morgan fingerprint density at radius 3 is 2.70 bits per heavy atom. The average molecular weight is 201 g/mol. The molecular formula is C6H5BrN2O. The van der Waals surface area contributed by atoms with Crippen molar-refractivity contribution < 1.29 is 4.79 Å². The minimum Gasteiger partial charge on any atom is -0.364 e. The van der Waals surface area contributed by atoms with Gasteiger partial charge in [0.15, 0.2) is 0 Å². The Hall–Kier alpha value is -0.900. The van der Waals surface area contributed by atoms with Crippen molar-refractivity contribution in [1.29, 1.82) is 0 Å². The Kier molecular flexibility index (Phi) is 2.01. The number of hydrogen-bond donors (Lipinski definition) is 1. The maximum Gasteiger partial charge on any atom is 0.267 e. The minimum atomic E-state index is -0.507. The van der Waals surface area contributed by atoms with E-state index in [9.17, 15) is 4.79 Å². The Bertz CT molecular complexity index is 244. The summed E-state index contributed by atoms with van der Waals surface area (Å²) < 4.78 is 0.831. The van der Waals surface area contributed by atoms with Crippen molar-refractivity contribution >= 4 is 21.8 Å². The van der Waals surface area contributed by atoms with E-state index in [1.165, 1.54) is 6.20 Å². The molecule has 1 aromatic heterocycles. The number of amides is 1. The second-order valence-corrected chi connectivity index (χ2v) is 2.64. The summed E-state index contributed by atoms with van der Waals surface area (Å²) in [5, 5.41) is 0. The minimum absolute atomic E-state index is 0.281. The van der Waals surface area contributed by atoms with Crippen molar-refractivity contribution in [3.05, 3.63) is 28.5 Å². The van der Waals surface area contributed by atoms with E-state index in [1.807, 2.05) is 0 Å². The molecule has 2 N–H and O–H groups in total. The van der Waals surface area contributed by atoms with Gasteiger partial charge in [0.05, 0.1) is 0 Å². The molecule has 0 radical (unpaired) electrons. The fourth-order valence-corrected chi connectivity index (χ4v) is 0.756. The highest BCUT2D eigenvalue weighted by atomic mass is 79.9. The van der Waals surface area contributed by atoms with Crippen LogP contribution in [-0.2, 0) is 0 Å². The zero-order valence-corrected chi connectivity index (χ0v) is 6.63. The van der Waals surface area contributed by atoms with Crippen LogP contribution in [0.2, 0.25) is 0 Å². The predicted octanol–water partition coefficient (Wildman–Crippen LogP) is 0.943. The average Bonchev–Trinajstić information content (AvgIpc) is 1.88. The summed E-state index contributed by atoms with van der Waals surface area (Å²) in [6, 6.07) is 3.28. The highest BCUT2D eigenvalue weighted by Gasteiger charge is 1.98. The zero-order chi connectivity index (χ0) is 7.56. The number of hydrogen-bond acceptors (Lipinski definition) is 2. The molecule has 0 aliphatic rings. The van der Waals surface area contributed by atoms with Crippen molar-refractivity contribution in [1.82, 2.24) is 4.98 Å². The maximum absolute atomic E-state index is 10.5. The third kappa shape index (κ3) is 1.54. The number of pyridine rings is 1. The largest absolute Gasteiger partial charge is 0.364 e. The van der Waals surface area contributed by atoms with Gasteiger partial charge in [0.2, 0.25) is 0 Å². The number of nitrogens with two attached hydrogens (primary N) is 1. The molecule has 0 atom stereocenters. The standard InChI is InChI=1S/C6H5BrN2O/c7-4-1-2-5(6(8)10)9-3-4/h1-3H,(H2,8,10). The third-order valence-corrected chi connectivity index (χ3v) is 1.45. The molecule has 1 aromatic rings. The van der Waals surface area contributed by atoms with E-state index in [4.69, 9.17) is 5.73 Å². The first kappa shape index (κ1) is 7.21. The van der Waals surface area contributed by atoms with Crippen molar-refractivity contribution in [3.8, 4) is 0 Å². The van der Waals surface area contributed by atoms with Crippen LogP contribution in [-0.4, -0.2) is 10.9 Å². The quantitative estimate of drug-likeness (QED) is 0.734. The number of rotatable bonds is 1. The van der Waals surface area contributed by atoms with Crippen LogP contribution in [0.3, 0.4) is 0 Å². The lowest BCUT2D eigenvalue weighted by molar-refractivity contribution is 0.0995. The van der Waals surface area contributed by atoms with Gasteiger partial charge < -0.3 is 5.73 Å². The molecule has 10 heavy (non-hydrogen) atoms. The van der Waals surface area contributed by atoms with Gasteiger partial charge in [-0.1, -0.05) is 0 Å². The van der Waals surface area contributed by atoms with Crippen LogP contribution in [0.5, 0.6) is 0 Å². The lowest BCUT2D eigenvalue weighted by Crippen LogP contribution is -2.12. The second kappa shape index (κ2) is 2.79. The normalized spacial score (nSPS) is 9.30. The first-order valence-electron chi connectivity index (χ1n) is 2.61. The molecule has 0 fully saturated rings. The topological polar surface area (TPSA) is 56.0 Å². The van der Waals surface area contributed by atoms with Crippen LogP contribution >= 0.6 is 15.9 Å². The van der Waals surface area contributed by atoms with Crippen molar-refractivity contribution in [2.75, 3.05) is 0 Å². The van der Waals surface area contributed by atoms with E-state index in [-0.39, 0.29) is 5.69 Å². The number of carbonyl (C=O) groups excluding carboxylic acids is 1. The summed E-state index contributed by atoms with van der Waals surface area (Å²) in [7, 11) is 0. The number of aromatic nitrogens is 1. The van der Waals surface area contributed by atoms with Crippen molar-refractivity contribution in [3.63, 3.8) is 0 Å². The van der Waals surface area contributed by atoms with E-state index < -0.39 is 5.91 Å². The number of halogens is 1. The summed E-state index contributed by atoms with van der Waals surface area (Å²) >= 11 is 3.18. The van der Waals surface area contributed by atoms with Crippen molar-refractivity contribution in [2.24, 2.45) is 5.73 Å². The number of primary amides is 1. The molecule has 1 heterocycles. The third-order valence-electron chi connectivity index (χ3n) is 0.980. The van der Waals surface area contributed by atoms with Crippen LogP contribution in [0.25, 0.3) is 0 Å². The Balaban J connectivity index is 3.00. The molecule has 1 amide bonds. The molecule has 52 valence electrons. The molecule has 1 rings (SSSR count). The fraction of sp³-hybridized carbons (Fsp3) is 0. The predicted molar refractivity (Wildman–Crippen MR) is 40.5 cm³/mol. The maximum atomic E-state index is 10.5. The second-order valence-electron chi connectivity index (χ2n) is 1.73. The van der Waals surface area contributed by atoms with Gasteiger partial charge in [-0.3, -0.25) is 4.79 Å². The Morgan fingerprint density at radius 1 is 1.60 bits per heavy atom. The molecule has 4 heteroatoms. The first-order chi connectivity index (χ1) is 4.70. The van der Waals surface area contributed by atoms with Crippen LogP contribution in [0.1, 0.15) is 10.5 Å². The monoisotopic (exact) mass is 200 g/mol. The highest BCUT2D eigenvalue weighted by Crippen LogP contribution is 2.06. The van der Waals surface area contributed by atoms with Gasteiger partial charge >= 0.3 is 0 Å². The smallest absolute Gasteiger partial charge is 0.267 e. The van der Waals surface area contributed by atoms with Gasteiger partial charge in [-0.25, -0.2) is 4.98 Å². The zero-order valence-electron chi connectivity index (χ0n) is 5.04. The molecule has 0 saturated carbocycles. The van der Waals surface area contributed by atoms with E-state index in [1.54, 1.807) is 12.1 Å². The first-order valence-corrected chi connectivity index (χ1v) is 3.41. The molecule has 0 bridgehead atoms. The number of carbonyl (C=O) groups is 1. The Labute approximate surface area is 66.4 Å². The van der Waals surface area contributed by atoms with Crippen molar-refractivity contribution in [2.45, 2.75) is 0 Å². The van der Waals surface area contributed by atoms with Crippen LogP contribution in [0.4, 0.5) is 0 Å².